The lowest BCUT2D eigenvalue weighted by molar-refractivity contribution is -0.122. The first-order chi connectivity index (χ1) is 12.8. The van der Waals surface area contributed by atoms with Crippen molar-refractivity contribution in [2.24, 2.45) is 0 Å². The highest BCUT2D eigenvalue weighted by atomic mass is 16.5. The molecule has 1 N–H and O–H groups in total. The fraction of sp³-hybridized carbons (Fsp3) is 0.364. The Kier molecular flexibility index (Phi) is 6.99. The maximum Gasteiger partial charge on any atom is 0.338 e. The SMILES string of the molecule is CCOC(=O)c1ccc(NC(=O)C(C)Oc2ccccc2C(C)C)c(C)c1. The number of amides is 1. The zero-order chi connectivity index (χ0) is 20.0. The second-order valence-corrected chi connectivity index (χ2v) is 6.69. The van der Waals surface area contributed by atoms with Crippen LogP contribution in [-0.2, 0) is 9.53 Å². The minimum atomic E-state index is -0.658. The predicted molar refractivity (Wildman–Crippen MR) is 106 cm³/mol. The molecule has 2 aromatic rings. The fourth-order valence-corrected chi connectivity index (χ4v) is 2.69. The van der Waals surface area contributed by atoms with E-state index < -0.39 is 6.10 Å². The number of benzene rings is 2. The molecule has 0 aliphatic carbocycles. The lowest BCUT2D eigenvalue weighted by atomic mass is 10.0. The number of anilines is 1. The number of para-hydroxylation sites is 1. The summed E-state index contributed by atoms with van der Waals surface area (Å²) in [4.78, 5) is 24.3. The Morgan fingerprint density at radius 3 is 2.41 bits per heavy atom. The Labute approximate surface area is 160 Å². The van der Waals surface area contributed by atoms with Crippen LogP contribution in [0.3, 0.4) is 0 Å². The van der Waals surface area contributed by atoms with Crippen molar-refractivity contribution in [3.63, 3.8) is 0 Å². The molecule has 0 aliphatic rings. The van der Waals surface area contributed by atoms with E-state index in [0.29, 0.717) is 29.5 Å². The zero-order valence-electron chi connectivity index (χ0n) is 16.5. The molecule has 0 heterocycles. The number of carbonyl (C=O) groups is 2. The third-order valence-corrected chi connectivity index (χ3v) is 4.21. The van der Waals surface area contributed by atoms with Crippen LogP contribution in [0.2, 0.25) is 0 Å². The van der Waals surface area contributed by atoms with Crippen molar-refractivity contribution in [2.75, 3.05) is 11.9 Å². The molecule has 5 heteroatoms. The van der Waals surface area contributed by atoms with Crippen LogP contribution >= 0.6 is 0 Å². The van der Waals surface area contributed by atoms with Gasteiger partial charge in [0.15, 0.2) is 6.10 Å². The fourth-order valence-electron chi connectivity index (χ4n) is 2.69. The van der Waals surface area contributed by atoms with Crippen molar-refractivity contribution in [3.8, 4) is 5.75 Å². The Bertz CT molecular complexity index is 814. The van der Waals surface area contributed by atoms with E-state index in [1.54, 1.807) is 32.0 Å². The standard InChI is InChI=1S/C22H27NO4/c1-6-26-22(25)17-11-12-19(15(4)13-17)23-21(24)16(5)27-20-10-8-7-9-18(20)14(2)3/h7-14,16H,6H2,1-5H3,(H,23,24). The first kappa shape index (κ1) is 20.5. The molecule has 0 bridgehead atoms. The number of hydrogen-bond acceptors (Lipinski definition) is 4. The molecule has 5 nitrogen and oxygen atoms in total. The van der Waals surface area contributed by atoms with E-state index >= 15 is 0 Å². The monoisotopic (exact) mass is 369 g/mol. The summed E-state index contributed by atoms with van der Waals surface area (Å²) in [6.45, 7) is 9.80. The van der Waals surface area contributed by atoms with Crippen LogP contribution in [-0.4, -0.2) is 24.6 Å². The smallest absolute Gasteiger partial charge is 0.338 e. The number of rotatable bonds is 7. The third kappa shape index (κ3) is 5.33. The van der Waals surface area contributed by atoms with Crippen LogP contribution in [0.5, 0.6) is 5.75 Å². The first-order valence-electron chi connectivity index (χ1n) is 9.17. The van der Waals surface area contributed by atoms with Gasteiger partial charge >= 0.3 is 5.97 Å². The van der Waals surface area contributed by atoms with Gasteiger partial charge < -0.3 is 14.8 Å². The molecule has 2 rings (SSSR count). The molecule has 0 fully saturated rings. The van der Waals surface area contributed by atoms with Gasteiger partial charge in [0.25, 0.3) is 5.91 Å². The summed E-state index contributed by atoms with van der Waals surface area (Å²) in [5, 5.41) is 2.86. The van der Waals surface area contributed by atoms with E-state index in [4.69, 9.17) is 9.47 Å². The van der Waals surface area contributed by atoms with Crippen molar-refractivity contribution < 1.29 is 19.1 Å². The van der Waals surface area contributed by atoms with Gasteiger partial charge in [0.2, 0.25) is 0 Å². The van der Waals surface area contributed by atoms with Crippen LogP contribution in [0, 0.1) is 6.92 Å². The van der Waals surface area contributed by atoms with Gasteiger partial charge in [-0.05, 0) is 62.1 Å². The van der Waals surface area contributed by atoms with Gasteiger partial charge in [-0.15, -0.1) is 0 Å². The summed E-state index contributed by atoms with van der Waals surface area (Å²) in [6, 6.07) is 12.8. The molecule has 144 valence electrons. The number of aryl methyl sites for hydroxylation is 1. The summed E-state index contributed by atoms with van der Waals surface area (Å²) >= 11 is 0. The lowest BCUT2D eigenvalue weighted by Crippen LogP contribution is -2.30. The van der Waals surface area contributed by atoms with Gasteiger partial charge in [-0.25, -0.2) is 4.79 Å². The summed E-state index contributed by atoms with van der Waals surface area (Å²) in [7, 11) is 0. The predicted octanol–water partition coefficient (Wildman–Crippen LogP) is 4.70. The lowest BCUT2D eigenvalue weighted by Gasteiger charge is -2.19. The van der Waals surface area contributed by atoms with Crippen molar-refractivity contribution in [1.82, 2.24) is 0 Å². The number of nitrogens with one attached hydrogen (secondary N) is 1. The van der Waals surface area contributed by atoms with Crippen LogP contribution in [0.25, 0.3) is 0 Å². The van der Waals surface area contributed by atoms with E-state index in [0.717, 1.165) is 11.1 Å². The van der Waals surface area contributed by atoms with Crippen LogP contribution in [0.15, 0.2) is 42.5 Å². The quantitative estimate of drug-likeness (QED) is 0.719. The Morgan fingerprint density at radius 2 is 1.78 bits per heavy atom. The molecule has 0 saturated heterocycles. The minimum absolute atomic E-state index is 0.249. The van der Waals surface area contributed by atoms with Crippen molar-refractivity contribution in [2.45, 2.75) is 46.6 Å². The third-order valence-electron chi connectivity index (χ3n) is 4.21. The van der Waals surface area contributed by atoms with Crippen molar-refractivity contribution >= 4 is 17.6 Å². The van der Waals surface area contributed by atoms with Crippen molar-refractivity contribution in [1.29, 1.82) is 0 Å². The molecule has 1 unspecified atom stereocenters. The average Bonchev–Trinajstić information content (AvgIpc) is 2.63. The maximum atomic E-state index is 12.5. The van der Waals surface area contributed by atoms with Crippen molar-refractivity contribution in [3.05, 3.63) is 59.2 Å². The second-order valence-electron chi connectivity index (χ2n) is 6.69. The first-order valence-corrected chi connectivity index (χ1v) is 9.17. The van der Waals surface area contributed by atoms with E-state index in [1.165, 1.54) is 0 Å². The molecule has 27 heavy (non-hydrogen) atoms. The molecule has 2 aromatic carbocycles. The van der Waals surface area contributed by atoms with Crippen LogP contribution in [0.1, 0.15) is 55.1 Å². The van der Waals surface area contributed by atoms with Gasteiger partial charge in [-0.1, -0.05) is 32.0 Å². The Hall–Kier alpha value is -2.82. The summed E-state index contributed by atoms with van der Waals surface area (Å²) in [6.07, 6.45) is -0.658. The van der Waals surface area contributed by atoms with E-state index in [-0.39, 0.29) is 11.9 Å². The summed E-state index contributed by atoms with van der Waals surface area (Å²) in [5.41, 5.74) is 2.94. The van der Waals surface area contributed by atoms with E-state index in [1.807, 2.05) is 31.2 Å². The zero-order valence-corrected chi connectivity index (χ0v) is 16.5. The number of carbonyl (C=O) groups excluding carboxylic acids is 2. The Balaban J connectivity index is 2.07. The number of esters is 1. The van der Waals surface area contributed by atoms with E-state index in [2.05, 4.69) is 19.2 Å². The highest BCUT2D eigenvalue weighted by Gasteiger charge is 2.18. The molecule has 0 saturated carbocycles. The number of ether oxygens (including phenoxy) is 2. The second kappa shape index (κ2) is 9.21. The maximum absolute atomic E-state index is 12.5. The molecule has 1 amide bonds. The summed E-state index contributed by atoms with van der Waals surface area (Å²) < 4.78 is 10.9. The van der Waals surface area contributed by atoms with E-state index in [9.17, 15) is 9.59 Å². The van der Waals surface area contributed by atoms with Gasteiger partial charge in [0, 0.05) is 5.69 Å². The molecule has 1 atom stereocenters. The highest BCUT2D eigenvalue weighted by molar-refractivity contribution is 5.96. The molecular weight excluding hydrogens is 342 g/mol. The van der Waals surface area contributed by atoms with Gasteiger partial charge in [0.1, 0.15) is 5.75 Å². The Morgan fingerprint density at radius 1 is 1.07 bits per heavy atom. The van der Waals surface area contributed by atoms with Gasteiger partial charge in [-0.3, -0.25) is 4.79 Å². The molecule has 0 aromatic heterocycles. The highest BCUT2D eigenvalue weighted by Crippen LogP contribution is 2.27. The largest absolute Gasteiger partial charge is 0.481 e. The normalized spacial score (nSPS) is 11.8. The molecular formula is C22H27NO4. The molecule has 0 radical (unpaired) electrons. The number of hydrogen-bond donors (Lipinski definition) is 1. The minimum Gasteiger partial charge on any atom is -0.481 e. The van der Waals surface area contributed by atoms with Gasteiger partial charge in [0.05, 0.1) is 12.2 Å². The molecule has 0 spiro atoms. The topological polar surface area (TPSA) is 64.6 Å². The van der Waals surface area contributed by atoms with Gasteiger partial charge in [-0.2, -0.15) is 0 Å². The van der Waals surface area contributed by atoms with Crippen LogP contribution < -0.4 is 10.1 Å². The van der Waals surface area contributed by atoms with Crippen LogP contribution in [0.4, 0.5) is 5.69 Å². The average molecular weight is 369 g/mol. The molecule has 0 aliphatic heterocycles. The summed E-state index contributed by atoms with van der Waals surface area (Å²) in [5.74, 6) is 0.389.